The highest BCUT2D eigenvalue weighted by Crippen LogP contribution is 2.37. The van der Waals surface area contributed by atoms with Gasteiger partial charge >= 0.3 is 0 Å². The van der Waals surface area contributed by atoms with E-state index >= 15 is 0 Å². The molecule has 1 aliphatic heterocycles. The predicted molar refractivity (Wildman–Crippen MR) is 67.5 cm³/mol. The molecule has 1 aliphatic carbocycles. The van der Waals surface area contributed by atoms with Crippen LogP contribution in [0.1, 0.15) is 48.0 Å². The molecule has 3 rings (SSSR count). The second kappa shape index (κ2) is 4.59. The zero-order valence-corrected chi connectivity index (χ0v) is 11.2. The fourth-order valence-corrected chi connectivity index (χ4v) is 3.69. The lowest BCUT2D eigenvalue weighted by atomic mass is 10.1. The maximum atomic E-state index is 11.9. The van der Waals surface area contributed by atoms with E-state index in [1.165, 1.54) is 0 Å². The zero-order valence-electron chi connectivity index (χ0n) is 10.4. The smallest absolute Gasteiger partial charge is 0.291 e. The van der Waals surface area contributed by atoms with Crippen molar-refractivity contribution < 1.29 is 13.2 Å². The molecule has 0 bridgehead atoms. The van der Waals surface area contributed by atoms with Gasteiger partial charge in [-0.15, -0.1) is 5.10 Å². The quantitative estimate of drug-likeness (QED) is 0.812. The number of hydrogen-bond acceptors (Lipinski definition) is 5. The third-order valence-corrected chi connectivity index (χ3v) is 5.28. The molecule has 19 heavy (non-hydrogen) atoms. The molecule has 2 fully saturated rings. The second-order valence-corrected chi connectivity index (χ2v) is 7.52. The molecule has 0 radical (unpaired) electrons. The molecule has 1 amide bonds. The fraction of sp³-hybridized carbons (Fsp3) is 0.727. The molecular formula is C11H16N4O3S. The lowest BCUT2D eigenvalue weighted by Crippen LogP contribution is -2.41. The average Bonchev–Trinajstić information content (AvgIpc) is 3.10. The summed E-state index contributed by atoms with van der Waals surface area (Å²) in [6, 6.07) is -0.0982. The Morgan fingerprint density at radius 2 is 1.89 bits per heavy atom. The number of nitrogens with zero attached hydrogens (tertiary/aromatic N) is 2. The van der Waals surface area contributed by atoms with E-state index < -0.39 is 9.84 Å². The van der Waals surface area contributed by atoms with Crippen LogP contribution in [0.3, 0.4) is 0 Å². The highest BCUT2D eigenvalue weighted by molar-refractivity contribution is 7.91. The van der Waals surface area contributed by atoms with Crippen LogP contribution in [-0.4, -0.2) is 47.1 Å². The Hall–Kier alpha value is -1.44. The third-order valence-electron chi connectivity index (χ3n) is 3.56. The first kappa shape index (κ1) is 12.6. The van der Waals surface area contributed by atoms with Crippen molar-refractivity contribution in [2.45, 2.75) is 37.6 Å². The Bertz CT molecular complexity index is 577. The van der Waals surface area contributed by atoms with Crippen LogP contribution in [0.5, 0.6) is 0 Å². The molecular weight excluding hydrogens is 268 g/mol. The van der Waals surface area contributed by atoms with Crippen LogP contribution >= 0.6 is 0 Å². The van der Waals surface area contributed by atoms with Gasteiger partial charge < -0.3 is 5.32 Å². The van der Waals surface area contributed by atoms with Crippen molar-refractivity contribution in [2.75, 3.05) is 11.5 Å². The maximum absolute atomic E-state index is 11.9. The predicted octanol–water partition coefficient (Wildman–Crippen LogP) is -0.0109. The van der Waals surface area contributed by atoms with E-state index in [0.29, 0.717) is 18.8 Å². The maximum Gasteiger partial charge on any atom is 0.291 e. The van der Waals surface area contributed by atoms with Gasteiger partial charge in [0.1, 0.15) is 15.7 Å². The number of amides is 1. The van der Waals surface area contributed by atoms with Gasteiger partial charge in [-0.1, -0.05) is 0 Å². The van der Waals surface area contributed by atoms with E-state index in [9.17, 15) is 13.2 Å². The standard InChI is InChI=1S/C11H16N4O3S/c16-11(10-13-9(14-15-10)7-1-2-7)12-8-3-5-19(17,18)6-4-8/h7-8H,1-6H2,(H,12,16)(H,13,14,15). The first-order valence-corrected chi connectivity index (χ1v) is 8.29. The highest BCUT2D eigenvalue weighted by atomic mass is 32.2. The van der Waals surface area contributed by atoms with Crippen LogP contribution in [0.2, 0.25) is 0 Å². The number of H-pyrrole nitrogens is 1. The molecule has 0 unspecified atom stereocenters. The Morgan fingerprint density at radius 3 is 2.53 bits per heavy atom. The van der Waals surface area contributed by atoms with E-state index in [-0.39, 0.29) is 29.3 Å². The summed E-state index contributed by atoms with van der Waals surface area (Å²) in [7, 11) is -2.90. The molecule has 0 atom stereocenters. The minimum absolute atomic E-state index is 0.0982. The van der Waals surface area contributed by atoms with E-state index in [4.69, 9.17) is 0 Å². The Kier molecular flexibility index (Phi) is 3.04. The van der Waals surface area contributed by atoms with E-state index in [1.54, 1.807) is 0 Å². The van der Waals surface area contributed by atoms with Gasteiger partial charge in [-0.05, 0) is 25.7 Å². The number of carbonyl (C=O) groups is 1. The van der Waals surface area contributed by atoms with Gasteiger partial charge in [-0.3, -0.25) is 9.89 Å². The second-order valence-electron chi connectivity index (χ2n) is 5.22. The van der Waals surface area contributed by atoms with Gasteiger partial charge in [0.05, 0.1) is 11.5 Å². The average molecular weight is 284 g/mol. The molecule has 2 N–H and O–H groups in total. The summed E-state index contributed by atoms with van der Waals surface area (Å²) < 4.78 is 22.6. The Labute approximate surface area is 111 Å². The largest absolute Gasteiger partial charge is 0.346 e. The highest BCUT2D eigenvalue weighted by Gasteiger charge is 2.29. The first-order chi connectivity index (χ1) is 9.03. The number of hydrogen-bond donors (Lipinski definition) is 2. The van der Waals surface area contributed by atoms with Crippen molar-refractivity contribution in [3.8, 4) is 0 Å². The zero-order chi connectivity index (χ0) is 13.5. The molecule has 0 spiro atoms. The van der Waals surface area contributed by atoms with Crippen LogP contribution in [0.15, 0.2) is 0 Å². The van der Waals surface area contributed by atoms with Crippen LogP contribution in [-0.2, 0) is 9.84 Å². The van der Waals surface area contributed by atoms with Crippen LogP contribution in [0.4, 0.5) is 0 Å². The van der Waals surface area contributed by atoms with Crippen molar-refractivity contribution in [1.29, 1.82) is 0 Å². The molecule has 1 aromatic rings. The SMILES string of the molecule is O=C(NC1CCS(=O)(=O)CC1)c1n[nH]c(C2CC2)n1. The molecule has 2 aliphatic rings. The van der Waals surface area contributed by atoms with Gasteiger partial charge in [0, 0.05) is 12.0 Å². The third kappa shape index (κ3) is 2.94. The summed E-state index contributed by atoms with van der Waals surface area (Å²) in [4.78, 5) is 16.1. The lowest BCUT2D eigenvalue weighted by Gasteiger charge is -2.22. The molecule has 2 heterocycles. The van der Waals surface area contributed by atoms with Crippen LogP contribution in [0.25, 0.3) is 0 Å². The van der Waals surface area contributed by atoms with Crippen molar-refractivity contribution in [1.82, 2.24) is 20.5 Å². The fourth-order valence-electron chi connectivity index (χ4n) is 2.20. The normalized spacial score (nSPS) is 23.2. The Morgan fingerprint density at radius 1 is 1.21 bits per heavy atom. The monoisotopic (exact) mass is 284 g/mol. The molecule has 1 saturated heterocycles. The van der Waals surface area contributed by atoms with Gasteiger partial charge in [-0.2, -0.15) is 0 Å². The number of rotatable bonds is 3. The number of aromatic nitrogens is 3. The molecule has 1 saturated carbocycles. The first-order valence-electron chi connectivity index (χ1n) is 6.47. The number of sulfone groups is 1. The molecule has 0 aromatic carbocycles. The van der Waals surface area contributed by atoms with E-state index in [0.717, 1.165) is 18.7 Å². The van der Waals surface area contributed by atoms with Gasteiger partial charge in [0.25, 0.3) is 5.91 Å². The van der Waals surface area contributed by atoms with Gasteiger partial charge in [-0.25, -0.2) is 13.4 Å². The van der Waals surface area contributed by atoms with E-state index in [2.05, 4.69) is 20.5 Å². The summed E-state index contributed by atoms with van der Waals surface area (Å²) in [6.45, 7) is 0. The minimum atomic E-state index is -2.90. The summed E-state index contributed by atoms with van der Waals surface area (Å²) in [5.74, 6) is 1.30. The summed E-state index contributed by atoms with van der Waals surface area (Å²) in [5.41, 5.74) is 0. The van der Waals surface area contributed by atoms with Crippen molar-refractivity contribution in [2.24, 2.45) is 0 Å². The number of carbonyl (C=O) groups excluding carboxylic acids is 1. The number of aromatic amines is 1. The summed E-state index contributed by atoms with van der Waals surface area (Å²) in [6.07, 6.45) is 3.12. The molecule has 8 heteroatoms. The van der Waals surface area contributed by atoms with Crippen molar-refractivity contribution >= 4 is 15.7 Å². The van der Waals surface area contributed by atoms with E-state index in [1.807, 2.05) is 0 Å². The minimum Gasteiger partial charge on any atom is -0.346 e. The molecule has 1 aromatic heterocycles. The Balaban J connectivity index is 1.58. The topological polar surface area (TPSA) is 105 Å². The summed E-state index contributed by atoms with van der Waals surface area (Å²) in [5, 5.41) is 9.48. The van der Waals surface area contributed by atoms with Crippen LogP contribution < -0.4 is 5.32 Å². The number of nitrogens with one attached hydrogen (secondary N) is 2. The molecule has 7 nitrogen and oxygen atoms in total. The van der Waals surface area contributed by atoms with Gasteiger partial charge in [0.15, 0.2) is 0 Å². The van der Waals surface area contributed by atoms with Gasteiger partial charge in [0.2, 0.25) is 5.82 Å². The lowest BCUT2D eigenvalue weighted by molar-refractivity contribution is 0.0924. The van der Waals surface area contributed by atoms with Crippen molar-refractivity contribution in [3.05, 3.63) is 11.6 Å². The van der Waals surface area contributed by atoms with Crippen molar-refractivity contribution in [3.63, 3.8) is 0 Å². The summed E-state index contributed by atoms with van der Waals surface area (Å²) >= 11 is 0. The molecule has 104 valence electrons. The van der Waals surface area contributed by atoms with Crippen LogP contribution in [0, 0.1) is 0 Å².